The highest BCUT2D eigenvalue weighted by molar-refractivity contribution is 6.12. The van der Waals surface area contributed by atoms with Gasteiger partial charge < -0.3 is 5.73 Å². The highest BCUT2D eigenvalue weighted by Gasteiger charge is 2.09. The highest BCUT2D eigenvalue weighted by atomic mass is 15.0. The second kappa shape index (κ2) is 10.4. The fourth-order valence-corrected chi connectivity index (χ4v) is 3.24. The van der Waals surface area contributed by atoms with Gasteiger partial charge in [-0.25, -0.2) is 9.98 Å². The monoisotopic (exact) mass is 407 g/mol. The van der Waals surface area contributed by atoms with E-state index in [2.05, 4.69) is 56.8 Å². The predicted molar refractivity (Wildman–Crippen MR) is 135 cm³/mol. The molecule has 0 saturated heterocycles. The lowest BCUT2D eigenvalue weighted by atomic mass is 10.0. The molecule has 0 radical (unpaired) electrons. The smallest absolute Gasteiger partial charge is 0.162 e. The van der Waals surface area contributed by atoms with E-state index in [0.29, 0.717) is 17.4 Å². The van der Waals surface area contributed by atoms with E-state index in [1.807, 2.05) is 55.5 Å². The summed E-state index contributed by atoms with van der Waals surface area (Å²) in [5.74, 6) is 0.959. The Balaban J connectivity index is 2.11. The number of hydrogen-bond acceptors (Lipinski definition) is 1. The number of nitrogens with zero attached hydrogens (tertiary/aromatic N) is 2. The van der Waals surface area contributed by atoms with Gasteiger partial charge in [-0.15, -0.1) is 0 Å². The third-order valence-electron chi connectivity index (χ3n) is 4.97. The summed E-state index contributed by atoms with van der Waals surface area (Å²) in [6.07, 6.45) is 7.08. The molecular weight excluding hydrogens is 378 g/mol. The first-order chi connectivity index (χ1) is 15.0. The van der Waals surface area contributed by atoms with Gasteiger partial charge in [0, 0.05) is 11.1 Å². The lowest BCUT2D eigenvalue weighted by Crippen LogP contribution is -2.16. The molecule has 2 N–H and O–H groups in total. The van der Waals surface area contributed by atoms with Gasteiger partial charge in [-0.3, -0.25) is 0 Å². The normalized spacial score (nSPS) is 13.2. The molecular formula is C28H29N3. The van der Waals surface area contributed by atoms with Crippen LogP contribution in [0.5, 0.6) is 0 Å². The van der Waals surface area contributed by atoms with E-state index in [1.54, 1.807) is 0 Å². The Morgan fingerprint density at radius 1 is 0.935 bits per heavy atom. The van der Waals surface area contributed by atoms with Crippen molar-refractivity contribution in [3.63, 3.8) is 0 Å². The van der Waals surface area contributed by atoms with Crippen LogP contribution < -0.4 is 5.73 Å². The number of aryl methyl sites for hydroxylation is 1. The Morgan fingerprint density at radius 2 is 1.65 bits per heavy atom. The lowest BCUT2D eigenvalue weighted by molar-refractivity contribution is 1.21. The molecule has 0 aromatic heterocycles. The van der Waals surface area contributed by atoms with Crippen molar-refractivity contribution in [1.82, 2.24) is 0 Å². The van der Waals surface area contributed by atoms with Crippen LogP contribution in [0.1, 0.15) is 37.0 Å². The Hall–Kier alpha value is -3.72. The molecule has 31 heavy (non-hydrogen) atoms. The van der Waals surface area contributed by atoms with Crippen LogP contribution in [0.25, 0.3) is 10.8 Å². The number of rotatable bonds is 6. The maximum Gasteiger partial charge on any atom is 0.162 e. The fourth-order valence-electron chi connectivity index (χ4n) is 3.24. The molecule has 0 heterocycles. The van der Waals surface area contributed by atoms with Crippen LogP contribution in [-0.2, 0) is 0 Å². The Kier molecular flexibility index (Phi) is 7.34. The summed E-state index contributed by atoms with van der Waals surface area (Å²) in [6, 6.07) is 22.3. The van der Waals surface area contributed by atoms with Gasteiger partial charge in [0.2, 0.25) is 0 Å². The largest absolute Gasteiger partial charge is 0.383 e. The molecule has 0 aliphatic carbocycles. The summed E-state index contributed by atoms with van der Waals surface area (Å²) in [5, 5.41) is 2.31. The Labute approximate surface area is 185 Å². The third-order valence-corrected chi connectivity index (χ3v) is 4.97. The van der Waals surface area contributed by atoms with Crippen LogP contribution in [0.2, 0.25) is 0 Å². The second-order valence-corrected chi connectivity index (χ2v) is 7.37. The highest BCUT2D eigenvalue weighted by Crippen LogP contribution is 2.20. The van der Waals surface area contributed by atoms with Gasteiger partial charge in [-0.05, 0) is 42.7 Å². The van der Waals surface area contributed by atoms with E-state index in [1.165, 1.54) is 10.9 Å². The first-order valence-electron chi connectivity index (χ1n) is 10.5. The van der Waals surface area contributed by atoms with Crippen molar-refractivity contribution in [2.45, 2.75) is 27.2 Å². The van der Waals surface area contributed by atoms with Crippen molar-refractivity contribution in [2.24, 2.45) is 15.7 Å². The number of benzene rings is 3. The zero-order chi connectivity index (χ0) is 22.2. The molecule has 0 saturated carbocycles. The van der Waals surface area contributed by atoms with Crippen LogP contribution in [0, 0.1) is 6.92 Å². The van der Waals surface area contributed by atoms with Crippen LogP contribution in [0.3, 0.4) is 0 Å². The number of fused-ring (bicyclic) bond motifs is 1. The molecule has 0 aliphatic rings. The van der Waals surface area contributed by atoms with Crippen molar-refractivity contribution in [1.29, 1.82) is 0 Å². The van der Waals surface area contributed by atoms with E-state index < -0.39 is 0 Å². The van der Waals surface area contributed by atoms with Gasteiger partial charge in [-0.2, -0.15) is 0 Å². The minimum atomic E-state index is 0.419. The van der Waals surface area contributed by atoms with Gasteiger partial charge in [0.25, 0.3) is 0 Å². The Morgan fingerprint density at radius 3 is 2.35 bits per heavy atom. The van der Waals surface area contributed by atoms with E-state index in [0.717, 1.165) is 28.5 Å². The average Bonchev–Trinajstić information content (AvgIpc) is 2.79. The molecule has 0 atom stereocenters. The maximum absolute atomic E-state index is 6.34. The van der Waals surface area contributed by atoms with Gasteiger partial charge in [0.15, 0.2) is 5.84 Å². The predicted octanol–water partition coefficient (Wildman–Crippen LogP) is 6.73. The van der Waals surface area contributed by atoms with E-state index in [4.69, 9.17) is 15.7 Å². The number of aliphatic imine (C=N–C) groups is 2. The van der Waals surface area contributed by atoms with Crippen LogP contribution in [0.4, 0.5) is 0 Å². The molecule has 3 aromatic rings. The van der Waals surface area contributed by atoms with E-state index >= 15 is 0 Å². The summed E-state index contributed by atoms with van der Waals surface area (Å²) in [5.41, 5.74) is 10.9. The molecule has 3 rings (SSSR count). The topological polar surface area (TPSA) is 50.7 Å². The van der Waals surface area contributed by atoms with Crippen molar-refractivity contribution >= 4 is 22.4 Å². The molecule has 3 aromatic carbocycles. The summed E-state index contributed by atoms with van der Waals surface area (Å²) >= 11 is 0. The summed E-state index contributed by atoms with van der Waals surface area (Å²) in [4.78, 5) is 9.51. The Bertz CT molecular complexity index is 1200. The lowest BCUT2D eigenvalue weighted by Gasteiger charge is -2.09. The summed E-state index contributed by atoms with van der Waals surface area (Å²) in [7, 11) is 0. The molecule has 0 amide bonds. The number of hydrogen-bond donors (Lipinski definition) is 1. The van der Waals surface area contributed by atoms with Gasteiger partial charge in [0.1, 0.15) is 5.84 Å². The van der Waals surface area contributed by atoms with Crippen LogP contribution >= 0.6 is 0 Å². The van der Waals surface area contributed by atoms with Crippen LogP contribution in [-0.4, -0.2) is 11.7 Å². The molecule has 0 fully saturated rings. The van der Waals surface area contributed by atoms with Crippen molar-refractivity contribution < 1.29 is 0 Å². The SMILES string of the molecule is C=C(N=C(N=C(N)c1ccccc1)c1ccc2cc(C)ccc2c1)C(/C=C\CC)=C/C. The quantitative estimate of drug-likeness (QED) is 0.275. The standard InChI is InChI=1S/C28H29N3/c1-5-7-11-22(6-2)21(4)30-28(31-27(29)23-12-9-8-10-13-23)26-17-16-24-18-20(3)14-15-25(24)19-26/h6-19H,4-5H2,1-3H3,(H2,29,30,31)/b11-7-,22-6+. The van der Waals surface area contributed by atoms with Gasteiger partial charge >= 0.3 is 0 Å². The molecule has 3 heteroatoms. The van der Waals surface area contributed by atoms with E-state index in [9.17, 15) is 0 Å². The minimum absolute atomic E-state index is 0.419. The number of allylic oxidation sites excluding steroid dienone is 3. The van der Waals surface area contributed by atoms with Crippen LogP contribution in [0.15, 0.2) is 113 Å². The first-order valence-corrected chi connectivity index (χ1v) is 10.5. The fraction of sp³-hybridized carbons (Fsp3) is 0.143. The first kappa shape index (κ1) is 22.0. The van der Waals surface area contributed by atoms with E-state index in [-0.39, 0.29) is 0 Å². The second-order valence-electron chi connectivity index (χ2n) is 7.37. The minimum Gasteiger partial charge on any atom is -0.383 e. The van der Waals surface area contributed by atoms with Crippen molar-refractivity contribution in [3.05, 3.63) is 119 Å². The molecule has 0 spiro atoms. The zero-order valence-electron chi connectivity index (χ0n) is 18.5. The van der Waals surface area contributed by atoms with Crippen molar-refractivity contribution in [2.75, 3.05) is 0 Å². The summed E-state index contributed by atoms with van der Waals surface area (Å²) in [6.45, 7) is 10.4. The number of amidine groups is 2. The molecule has 0 bridgehead atoms. The maximum atomic E-state index is 6.34. The molecule has 156 valence electrons. The van der Waals surface area contributed by atoms with Crippen molar-refractivity contribution in [3.8, 4) is 0 Å². The summed E-state index contributed by atoms with van der Waals surface area (Å²) < 4.78 is 0. The van der Waals surface area contributed by atoms with Gasteiger partial charge in [0.05, 0.1) is 5.70 Å². The molecule has 3 nitrogen and oxygen atoms in total. The average molecular weight is 408 g/mol. The molecule has 0 aliphatic heterocycles. The van der Waals surface area contributed by atoms with Gasteiger partial charge in [-0.1, -0.05) is 98.0 Å². The molecule has 0 unspecified atom stereocenters. The number of nitrogens with two attached hydrogens (primary N) is 1. The third kappa shape index (κ3) is 5.67. The zero-order valence-corrected chi connectivity index (χ0v) is 18.5.